The van der Waals surface area contributed by atoms with E-state index in [1.54, 1.807) is 10.7 Å². The second kappa shape index (κ2) is 5.63. The summed E-state index contributed by atoms with van der Waals surface area (Å²) in [5, 5.41) is 7.58. The van der Waals surface area contributed by atoms with Crippen LogP contribution in [0.2, 0.25) is 0 Å². The lowest BCUT2D eigenvalue weighted by molar-refractivity contribution is 0.558. The van der Waals surface area contributed by atoms with Crippen LogP contribution in [0.25, 0.3) is 0 Å². The smallest absolute Gasteiger partial charge is 0.124 e. The molecule has 0 aliphatic heterocycles. The standard InChI is InChI=1S/C13H15BrFN3/c1-16-13(12-3-4-18(2)17-12)7-9-5-10(14)8-11(15)6-9/h3-6,8,13,16H,7H2,1-2H3. The Bertz CT molecular complexity index is 519. The van der Waals surface area contributed by atoms with E-state index >= 15 is 0 Å². The molecular weight excluding hydrogens is 297 g/mol. The number of benzene rings is 1. The second-order valence-electron chi connectivity index (χ2n) is 4.24. The Morgan fingerprint density at radius 3 is 2.78 bits per heavy atom. The number of hydrogen-bond acceptors (Lipinski definition) is 2. The summed E-state index contributed by atoms with van der Waals surface area (Å²) in [7, 11) is 3.77. The van der Waals surface area contributed by atoms with Crippen LogP contribution in [0, 0.1) is 5.82 Å². The van der Waals surface area contributed by atoms with Gasteiger partial charge in [-0.25, -0.2) is 4.39 Å². The van der Waals surface area contributed by atoms with Gasteiger partial charge >= 0.3 is 0 Å². The van der Waals surface area contributed by atoms with E-state index in [2.05, 4.69) is 26.3 Å². The van der Waals surface area contributed by atoms with Crippen LogP contribution in [-0.2, 0) is 13.5 Å². The molecule has 2 aromatic rings. The predicted molar refractivity (Wildman–Crippen MR) is 72.8 cm³/mol. The molecule has 0 aliphatic carbocycles. The highest BCUT2D eigenvalue weighted by molar-refractivity contribution is 9.10. The van der Waals surface area contributed by atoms with Crippen molar-refractivity contribution in [1.29, 1.82) is 0 Å². The summed E-state index contributed by atoms with van der Waals surface area (Å²) in [5.74, 6) is -0.227. The van der Waals surface area contributed by atoms with Gasteiger partial charge in [0.2, 0.25) is 0 Å². The first-order chi connectivity index (χ1) is 8.58. The maximum Gasteiger partial charge on any atom is 0.124 e. The third-order valence-corrected chi connectivity index (χ3v) is 3.26. The third-order valence-electron chi connectivity index (χ3n) is 2.80. The Kier molecular flexibility index (Phi) is 4.14. The number of aromatic nitrogens is 2. The summed E-state index contributed by atoms with van der Waals surface area (Å²) >= 11 is 3.31. The van der Waals surface area contributed by atoms with Gasteiger partial charge in [0, 0.05) is 17.7 Å². The highest BCUT2D eigenvalue weighted by Gasteiger charge is 2.13. The maximum absolute atomic E-state index is 13.3. The van der Waals surface area contributed by atoms with Gasteiger partial charge in [-0.05, 0) is 43.3 Å². The number of hydrogen-bond donors (Lipinski definition) is 1. The van der Waals surface area contributed by atoms with E-state index in [0.717, 1.165) is 15.7 Å². The molecule has 0 saturated carbocycles. The van der Waals surface area contributed by atoms with Crippen LogP contribution in [0.3, 0.4) is 0 Å². The van der Waals surface area contributed by atoms with E-state index in [4.69, 9.17) is 0 Å². The number of halogens is 2. The molecule has 0 fully saturated rings. The van der Waals surface area contributed by atoms with Crippen LogP contribution in [0.5, 0.6) is 0 Å². The van der Waals surface area contributed by atoms with Gasteiger partial charge in [0.05, 0.1) is 11.7 Å². The van der Waals surface area contributed by atoms with Gasteiger partial charge in [-0.2, -0.15) is 5.10 Å². The number of likely N-dealkylation sites (N-methyl/N-ethyl adjacent to an activating group) is 1. The Morgan fingerprint density at radius 2 is 2.22 bits per heavy atom. The van der Waals surface area contributed by atoms with Crippen LogP contribution < -0.4 is 5.32 Å². The van der Waals surface area contributed by atoms with Gasteiger partial charge in [0.25, 0.3) is 0 Å². The number of rotatable bonds is 4. The van der Waals surface area contributed by atoms with Crippen molar-refractivity contribution in [2.24, 2.45) is 7.05 Å². The molecule has 1 atom stereocenters. The molecule has 0 radical (unpaired) electrons. The highest BCUT2D eigenvalue weighted by Crippen LogP contribution is 2.20. The maximum atomic E-state index is 13.3. The minimum Gasteiger partial charge on any atom is -0.311 e. The monoisotopic (exact) mass is 311 g/mol. The summed E-state index contributed by atoms with van der Waals surface area (Å²) in [5.41, 5.74) is 1.90. The second-order valence-corrected chi connectivity index (χ2v) is 5.15. The minimum absolute atomic E-state index is 0.0832. The van der Waals surface area contributed by atoms with E-state index < -0.39 is 0 Å². The number of nitrogens with one attached hydrogen (secondary N) is 1. The first kappa shape index (κ1) is 13.2. The molecule has 0 bridgehead atoms. The van der Waals surface area contributed by atoms with E-state index in [9.17, 15) is 4.39 Å². The average Bonchev–Trinajstić information content (AvgIpc) is 2.71. The third kappa shape index (κ3) is 3.17. The van der Waals surface area contributed by atoms with Crippen molar-refractivity contribution in [3.05, 3.63) is 52.0 Å². The molecule has 0 spiro atoms. The predicted octanol–water partition coefficient (Wildman–Crippen LogP) is 2.82. The first-order valence-electron chi connectivity index (χ1n) is 5.70. The zero-order valence-electron chi connectivity index (χ0n) is 10.3. The van der Waals surface area contributed by atoms with E-state index in [-0.39, 0.29) is 11.9 Å². The molecule has 2 rings (SSSR count). The zero-order chi connectivity index (χ0) is 13.1. The summed E-state index contributed by atoms with van der Waals surface area (Å²) < 4.78 is 15.8. The largest absolute Gasteiger partial charge is 0.311 e. The molecule has 5 heteroatoms. The van der Waals surface area contributed by atoms with Crippen molar-refractivity contribution in [3.63, 3.8) is 0 Å². The molecule has 18 heavy (non-hydrogen) atoms. The first-order valence-corrected chi connectivity index (χ1v) is 6.49. The van der Waals surface area contributed by atoms with Gasteiger partial charge < -0.3 is 5.32 Å². The normalized spacial score (nSPS) is 12.7. The number of aryl methyl sites for hydroxylation is 1. The van der Waals surface area contributed by atoms with Gasteiger partial charge in [0.1, 0.15) is 5.82 Å². The summed E-state index contributed by atoms with van der Waals surface area (Å²) in [6.07, 6.45) is 2.60. The molecule has 1 heterocycles. The lowest BCUT2D eigenvalue weighted by Crippen LogP contribution is -2.19. The Labute approximate surface area is 114 Å². The van der Waals surface area contributed by atoms with E-state index in [1.807, 2.05) is 32.4 Å². The Morgan fingerprint density at radius 1 is 1.44 bits per heavy atom. The minimum atomic E-state index is -0.227. The fourth-order valence-corrected chi connectivity index (χ4v) is 2.45. The molecule has 96 valence electrons. The molecule has 1 aromatic heterocycles. The van der Waals surface area contributed by atoms with Crippen molar-refractivity contribution >= 4 is 15.9 Å². The number of nitrogens with zero attached hydrogens (tertiary/aromatic N) is 2. The SMILES string of the molecule is CNC(Cc1cc(F)cc(Br)c1)c1ccn(C)n1. The quantitative estimate of drug-likeness (QED) is 0.941. The Hall–Kier alpha value is -1.20. The van der Waals surface area contributed by atoms with Crippen molar-refractivity contribution < 1.29 is 4.39 Å². The lowest BCUT2D eigenvalue weighted by atomic mass is 10.0. The average molecular weight is 312 g/mol. The zero-order valence-corrected chi connectivity index (χ0v) is 11.9. The molecule has 0 aliphatic rings. The van der Waals surface area contributed by atoms with Crippen LogP contribution in [0.1, 0.15) is 17.3 Å². The fraction of sp³-hybridized carbons (Fsp3) is 0.308. The van der Waals surface area contributed by atoms with Crippen LogP contribution in [0.4, 0.5) is 4.39 Å². The van der Waals surface area contributed by atoms with Gasteiger partial charge in [-0.3, -0.25) is 4.68 Å². The molecule has 1 aromatic carbocycles. The van der Waals surface area contributed by atoms with Crippen molar-refractivity contribution in [2.45, 2.75) is 12.5 Å². The summed E-state index contributed by atoms with van der Waals surface area (Å²) in [6, 6.07) is 6.99. The Balaban J connectivity index is 2.20. The molecule has 1 N–H and O–H groups in total. The highest BCUT2D eigenvalue weighted by atomic mass is 79.9. The topological polar surface area (TPSA) is 29.9 Å². The molecule has 3 nitrogen and oxygen atoms in total. The molecule has 0 amide bonds. The van der Waals surface area contributed by atoms with E-state index in [1.165, 1.54) is 6.07 Å². The summed E-state index contributed by atoms with van der Waals surface area (Å²) in [4.78, 5) is 0. The van der Waals surface area contributed by atoms with E-state index in [0.29, 0.717) is 6.42 Å². The van der Waals surface area contributed by atoms with Crippen LogP contribution in [-0.4, -0.2) is 16.8 Å². The van der Waals surface area contributed by atoms with Gasteiger partial charge in [-0.1, -0.05) is 15.9 Å². The van der Waals surface area contributed by atoms with Crippen molar-refractivity contribution in [2.75, 3.05) is 7.05 Å². The molecular formula is C13H15BrFN3. The molecule has 0 saturated heterocycles. The van der Waals surface area contributed by atoms with Crippen LogP contribution in [0.15, 0.2) is 34.9 Å². The summed E-state index contributed by atoms with van der Waals surface area (Å²) in [6.45, 7) is 0. The molecule has 1 unspecified atom stereocenters. The van der Waals surface area contributed by atoms with Gasteiger partial charge in [0.15, 0.2) is 0 Å². The fourth-order valence-electron chi connectivity index (χ4n) is 1.94. The lowest BCUT2D eigenvalue weighted by Gasteiger charge is -2.14. The van der Waals surface area contributed by atoms with Crippen molar-refractivity contribution in [3.8, 4) is 0 Å². The van der Waals surface area contributed by atoms with Crippen LogP contribution >= 0.6 is 15.9 Å². The van der Waals surface area contributed by atoms with Gasteiger partial charge in [-0.15, -0.1) is 0 Å². The van der Waals surface area contributed by atoms with Crippen molar-refractivity contribution in [1.82, 2.24) is 15.1 Å².